The van der Waals surface area contributed by atoms with Crippen molar-refractivity contribution in [3.8, 4) is 0 Å². The van der Waals surface area contributed by atoms with Crippen LogP contribution >= 0.6 is 11.3 Å². The molecular formula is C7H5NOS. The lowest BCUT2D eigenvalue weighted by Crippen LogP contribution is -1.89. The normalized spacial score (nSPS) is 10.4. The monoisotopic (exact) mass is 153 g/mol. The Labute approximate surface area is 61.1 Å². The number of aromatic amines is 1. The highest BCUT2D eigenvalue weighted by atomic mass is 32.1. The number of benzene rings is 1. The molecule has 0 bridgehead atoms. The minimum absolute atomic E-state index is 0.0150. The summed E-state index contributed by atoms with van der Waals surface area (Å²) >= 11 is 1.24. The number of nitrogens with one attached hydrogen (secondary N) is 1. The third-order valence-electron chi connectivity index (χ3n) is 1.33. The molecule has 50 valence electrons. The minimum Gasteiger partial charge on any atom is -0.312 e. The molecule has 1 N–H and O–H groups in total. The smallest absolute Gasteiger partial charge is 0.305 e. The summed E-state index contributed by atoms with van der Waals surface area (Å²) in [7, 11) is 0. The summed E-state index contributed by atoms with van der Waals surface area (Å²) in [5.74, 6) is 0. The predicted octanol–water partition coefficient (Wildman–Crippen LogP) is 1.59. The van der Waals surface area contributed by atoms with E-state index in [1.807, 2.05) is 24.3 Å². The van der Waals surface area contributed by atoms with Gasteiger partial charge in [0.2, 0.25) is 0 Å². The zero-order valence-corrected chi connectivity index (χ0v) is 5.94. The fourth-order valence-corrected chi connectivity index (χ4v) is 1.63. The molecule has 1 heterocycles. The van der Waals surface area contributed by atoms with E-state index in [1.165, 1.54) is 11.3 Å². The molecule has 0 amide bonds. The third kappa shape index (κ3) is 0.752. The molecule has 0 aliphatic heterocycles. The van der Waals surface area contributed by atoms with Gasteiger partial charge in [-0.15, -0.1) is 0 Å². The van der Waals surface area contributed by atoms with Crippen LogP contribution in [0.15, 0.2) is 29.1 Å². The topological polar surface area (TPSA) is 32.9 Å². The van der Waals surface area contributed by atoms with Gasteiger partial charge in [-0.2, -0.15) is 0 Å². The first-order chi connectivity index (χ1) is 4.86. The van der Waals surface area contributed by atoms with Gasteiger partial charge in [0.15, 0.2) is 0 Å². The molecule has 3 heteroatoms. The molecule has 0 aliphatic carbocycles. The molecule has 0 atom stereocenters. The largest absolute Gasteiger partial charge is 0.312 e. The Morgan fingerprint density at radius 2 is 2.10 bits per heavy atom. The van der Waals surface area contributed by atoms with Crippen molar-refractivity contribution in [2.24, 2.45) is 0 Å². The van der Waals surface area contributed by atoms with Crippen molar-refractivity contribution in [1.82, 2.24) is 4.98 Å². The van der Waals surface area contributed by atoms with E-state index < -0.39 is 0 Å². The number of rotatable bonds is 0. The Balaban J connectivity index is 3.01. The number of hydrogen-bond donors (Lipinski definition) is 1. The molecule has 0 radical (unpaired) electrons. The van der Waals surface area contributed by atoms with E-state index in [0.29, 0.717) is 0 Å². The molecule has 0 fully saturated rings. The lowest BCUT2D eigenvalue weighted by molar-refractivity contribution is 1.41. The highest BCUT2D eigenvalue weighted by Crippen LogP contribution is 2.11. The van der Waals surface area contributed by atoms with Crippen molar-refractivity contribution in [2.75, 3.05) is 0 Å². The van der Waals surface area contributed by atoms with Crippen LogP contribution in [0.5, 0.6) is 0 Å². The summed E-state index contributed by atoms with van der Waals surface area (Å²) in [4.78, 5) is 13.5. The Morgan fingerprint density at radius 3 is 2.90 bits per heavy atom. The van der Waals surface area contributed by atoms with E-state index in [2.05, 4.69) is 4.98 Å². The molecule has 1 aromatic heterocycles. The third-order valence-corrected chi connectivity index (χ3v) is 2.19. The Morgan fingerprint density at radius 1 is 1.30 bits per heavy atom. The van der Waals surface area contributed by atoms with Gasteiger partial charge >= 0.3 is 4.87 Å². The van der Waals surface area contributed by atoms with Crippen molar-refractivity contribution < 1.29 is 0 Å². The number of fused-ring (bicyclic) bond motifs is 1. The molecule has 0 saturated carbocycles. The maximum Gasteiger partial charge on any atom is 0.305 e. The van der Waals surface area contributed by atoms with Crippen molar-refractivity contribution in [1.29, 1.82) is 0 Å². The van der Waals surface area contributed by atoms with Crippen LogP contribution in [0.4, 0.5) is 0 Å². The standard InChI is InChI=1S/C7H5NOS/c9-7-8-5-3-1-2-4-6(5)10-7/h1-4H,(H,8,9)/i9+2. The molecular weight excluding hydrogens is 148 g/mol. The van der Waals surface area contributed by atoms with Gasteiger partial charge in [-0.05, 0) is 12.1 Å². The van der Waals surface area contributed by atoms with Crippen molar-refractivity contribution in [3.63, 3.8) is 0 Å². The van der Waals surface area contributed by atoms with Crippen LogP contribution in [0.25, 0.3) is 10.2 Å². The first kappa shape index (κ1) is 5.68. The number of aromatic nitrogens is 1. The first-order valence-electron chi connectivity index (χ1n) is 2.94. The zero-order valence-electron chi connectivity index (χ0n) is 5.13. The van der Waals surface area contributed by atoms with E-state index in [9.17, 15) is 4.79 Å². The Bertz CT molecular complexity index is 365. The maximum atomic E-state index is 10.8. The van der Waals surface area contributed by atoms with Gasteiger partial charge in [0, 0.05) is 0 Å². The van der Waals surface area contributed by atoms with Crippen molar-refractivity contribution in [3.05, 3.63) is 33.9 Å². The van der Waals surface area contributed by atoms with Gasteiger partial charge in [0.1, 0.15) is 0 Å². The van der Waals surface area contributed by atoms with Crippen molar-refractivity contribution >= 4 is 21.6 Å². The van der Waals surface area contributed by atoms with Gasteiger partial charge < -0.3 is 4.98 Å². The van der Waals surface area contributed by atoms with Gasteiger partial charge in [-0.25, -0.2) is 0 Å². The molecule has 0 spiro atoms. The van der Waals surface area contributed by atoms with Crippen molar-refractivity contribution in [2.45, 2.75) is 0 Å². The quantitative estimate of drug-likeness (QED) is 0.573. The van der Waals surface area contributed by atoms with Crippen LogP contribution in [0.1, 0.15) is 0 Å². The second kappa shape index (κ2) is 1.95. The molecule has 10 heavy (non-hydrogen) atoms. The molecule has 0 unspecified atom stereocenters. The average molecular weight is 153 g/mol. The van der Waals surface area contributed by atoms with Crippen LogP contribution in [0.3, 0.4) is 0 Å². The summed E-state index contributed by atoms with van der Waals surface area (Å²) in [5.41, 5.74) is 0.928. The first-order valence-corrected chi connectivity index (χ1v) is 3.76. The Hall–Kier alpha value is -1.09. The van der Waals surface area contributed by atoms with E-state index in [-0.39, 0.29) is 4.87 Å². The van der Waals surface area contributed by atoms with Gasteiger partial charge in [-0.3, -0.25) is 4.79 Å². The summed E-state index contributed by atoms with van der Waals surface area (Å²) in [6, 6.07) is 7.65. The predicted molar refractivity (Wildman–Crippen MR) is 42.4 cm³/mol. The second-order valence-electron chi connectivity index (χ2n) is 2.01. The molecule has 0 saturated heterocycles. The molecule has 2 nitrogen and oxygen atoms in total. The maximum absolute atomic E-state index is 10.8. The lowest BCUT2D eigenvalue weighted by atomic mass is 10.3. The highest BCUT2D eigenvalue weighted by molar-refractivity contribution is 7.16. The van der Waals surface area contributed by atoms with E-state index in [0.717, 1.165) is 10.2 Å². The summed E-state index contributed by atoms with van der Waals surface area (Å²) in [5, 5.41) is 0. The molecule has 0 aliphatic rings. The summed E-state index contributed by atoms with van der Waals surface area (Å²) < 4.78 is 1.02. The fraction of sp³-hybridized carbons (Fsp3) is 0. The van der Waals surface area contributed by atoms with Crippen LogP contribution in [0.2, 0.25) is 0 Å². The van der Waals surface area contributed by atoms with Crippen LogP contribution < -0.4 is 4.87 Å². The van der Waals surface area contributed by atoms with Gasteiger partial charge in [0.05, 0.1) is 10.2 Å². The minimum atomic E-state index is 0.0150. The second-order valence-corrected chi connectivity index (χ2v) is 3.03. The SMILES string of the molecule is [18O]=c1[nH]c2ccccc2s1. The van der Waals surface area contributed by atoms with E-state index in [1.54, 1.807) is 0 Å². The highest BCUT2D eigenvalue weighted by Gasteiger charge is 1.93. The number of H-pyrrole nitrogens is 1. The molecule has 2 aromatic rings. The number of para-hydroxylation sites is 1. The lowest BCUT2D eigenvalue weighted by Gasteiger charge is -1.81. The molecule has 1 aromatic carbocycles. The Kier molecular flexibility index (Phi) is 1.11. The summed E-state index contributed by atoms with van der Waals surface area (Å²) in [6.45, 7) is 0. The number of thiazole rings is 1. The molecule has 2 rings (SSSR count). The van der Waals surface area contributed by atoms with Gasteiger partial charge in [-0.1, -0.05) is 23.5 Å². The zero-order chi connectivity index (χ0) is 6.97. The fourth-order valence-electron chi connectivity index (χ4n) is 0.894. The van der Waals surface area contributed by atoms with Crippen LogP contribution in [-0.4, -0.2) is 4.98 Å². The van der Waals surface area contributed by atoms with Crippen LogP contribution in [0, 0.1) is 0 Å². The van der Waals surface area contributed by atoms with Gasteiger partial charge in [0.25, 0.3) is 0 Å². The summed E-state index contributed by atoms with van der Waals surface area (Å²) in [6.07, 6.45) is 0. The van der Waals surface area contributed by atoms with E-state index in [4.69, 9.17) is 0 Å². The van der Waals surface area contributed by atoms with Crippen LogP contribution in [-0.2, 0) is 0 Å². The van der Waals surface area contributed by atoms with E-state index >= 15 is 0 Å². The average Bonchev–Trinajstić information content (AvgIpc) is 2.27. The number of hydrogen-bond acceptors (Lipinski definition) is 2.